The van der Waals surface area contributed by atoms with Crippen LogP contribution in [0.2, 0.25) is 0 Å². The molecule has 0 unspecified atom stereocenters. The van der Waals surface area contributed by atoms with Gasteiger partial charge in [-0.2, -0.15) is 0 Å². The number of fused-ring (bicyclic) bond motifs is 1. The number of rotatable bonds is 7. The SMILES string of the molecule is COCc1ccccc1NC(N)=NCCc1c[nH]c2cccc(OC)c12. The Labute approximate surface area is 153 Å². The fourth-order valence-corrected chi connectivity index (χ4v) is 2.98. The van der Waals surface area contributed by atoms with Crippen molar-refractivity contribution in [2.45, 2.75) is 13.0 Å². The fourth-order valence-electron chi connectivity index (χ4n) is 2.98. The molecular formula is C20H24N4O2. The van der Waals surface area contributed by atoms with Gasteiger partial charge in [-0.05, 0) is 30.2 Å². The minimum Gasteiger partial charge on any atom is -0.496 e. The summed E-state index contributed by atoms with van der Waals surface area (Å²) >= 11 is 0. The fraction of sp³-hybridized carbons (Fsp3) is 0.250. The molecule has 1 aromatic heterocycles. The Hall–Kier alpha value is -2.99. The van der Waals surface area contributed by atoms with E-state index in [4.69, 9.17) is 15.2 Å². The van der Waals surface area contributed by atoms with E-state index in [9.17, 15) is 0 Å². The van der Waals surface area contributed by atoms with Gasteiger partial charge in [0.25, 0.3) is 0 Å². The van der Waals surface area contributed by atoms with Gasteiger partial charge in [0.1, 0.15) is 5.75 Å². The van der Waals surface area contributed by atoms with Gasteiger partial charge in [-0.3, -0.25) is 4.99 Å². The van der Waals surface area contributed by atoms with Gasteiger partial charge in [0.2, 0.25) is 0 Å². The van der Waals surface area contributed by atoms with E-state index in [1.807, 2.05) is 48.7 Å². The van der Waals surface area contributed by atoms with Crippen LogP contribution in [0.15, 0.2) is 53.7 Å². The number of nitrogens with zero attached hydrogens (tertiary/aromatic N) is 1. The quantitative estimate of drug-likeness (QED) is 0.450. The third-order valence-corrected chi connectivity index (χ3v) is 4.21. The van der Waals surface area contributed by atoms with Gasteiger partial charge in [-0.25, -0.2) is 0 Å². The average Bonchev–Trinajstić information content (AvgIpc) is 3.07. The highest BCUT2D eigenvalue weighted by Crippen LogP contribution is 2.28. The third-order valence-electron chi connectivity index (χ3n) is 4.21. The van der Waals surface area contributed by atoms with Crippen LogP contribution in [0.3, 0.4) is 0 Å². The Bertz CT molecular complexity index is 902. The number of methoxy groups -OCH3 is 2. The minimum absolute atomic E-state index is 0.389. The number of aliphatic imine (C=N–C) groups is 1. The first-order valence-corrected chi connectivity index (χ1v) is 8.49. The summed E-state index contributed by atoms with van der Waals surface area (Å²) in [6.45, 7) is 1.10. The highest BCUT2D eigenvalue weighted by molar-refractivity contribution is 5.93. The smallest absolute Gasteiger partial charge is 0.193 e. The third kappa shape index (κ3) is 3.97. The normalized spacial score (nSPS) is 11.7. The van der Waals surface area contributed by atoms with Crippen LogP contribution in [0.1, 0.15) is 11.1 Å². The van der Waals surface area contributed by atoms with Crippen molar-refractivity contribution in [3.63, 3.8) is 0 Å². The van der Waals surface area contributed by atoms with Crippen LogP contribution in [0.4, 0.5) is 5.69 Å². The summed E-state index contributed by atoms with van der Waals surface area (Å²) in [4.78, 5) is 7.72. The van der Waals surface area contributed by atoms with Gasteiger partial charge in [0.05, 0.1) is 13.7 Å². The summed E-state index contributed by atoms with van der Waals surface area (Å²) in [6.07, 6.45) is 2.77. The summed E-state index contributed by atoms with van der Waals surface area (Å²) in [6, 6.07) is 13.8. The van der Waals surface area contributed by atoms with Gasteiger partial charge in [-0.1, -0.05) is 24.3 Å². The largest absolute Gasteiger partial charge is 0.496 e. The molecule has 0 fully saturated rings. The molecule has 6 nitrogen and oxygen atoms in total. The molecule has 0 atom stereocenters. The van der Waals surface area contributed by atoms with Gasteiger partial charge >= 0.3 is 0 Å². The zero-order chi connectivity index (χ0) is 18.4. The maximum atomic E-state index is 6.04. The van der Waals surface area contributed by atoms with E-state index < -0.39 is 0 Å². The molecule has 0 amide bonds. The van der Waals surface area contributed by atoms with Crippen LogP contribution >= 0.6 is 0 Å². The summed E-state index contributed by atoms with van der Waals surface area (Å²) < 4.78 is 10.7. The number of aromatic nitrogens is 1. The summed E-state index contributed by atoms with van der Waals surface area (Å²) in [5, 5.41) is 4.25. The molecule has 0 bridgehead atoms. The Balaban J connectivity index is 1.67. The molecule has 0 aliphatic rings. The van der Waals surface area contributed by atoms with Gasteiger partial charge < -0.3 is 25.5 Å². The molecule has 2 aromatic carbocycles. The molecule has 3 aromatic rings. The van der Waals surface area contributed by atoms with Crippen molar-refractivity contribution in [2.24, 2.45) is 10.7 Å². The van der Waals surface area contributed by atoms with E-state index in [1.165, 1.54) is 0 Å². The molecule has 0 saturated heterocycles. The first kappa shape index (κ1) is 17.8. The molecule has 6 heteroatoms. The predicted octanol–water partition coefficient (Wildman–Crippen LogP) is 3.29. The minimum atomic E-state index is 0.389. The second-order valence-electron chi connectivity index (χ2n) is 5.93. The number of aromatic amines is 1. The summed E-state index contributed by atoms with van der Waals surface area (Å²) in [5.41, 5.74) is 10.2. The Morgan fingerprint density at radius 3 is 2.77 bits per heavy atom. The highest BCUT2D eigenvalue weighted by atomic mass is 16.5. The molecule has 0 spiro atoms. The molecule has 0 saturated carbocycles. The van der Waals surface area contributed by atoms with E-state index in [0.717, 1.165) is 39.9 Å². The van der Waals surface area contributed by atoms with Crippen LogP contribution in [-0.4, -0.2) is 31.7 Å². The zero-order valence-corrected chi connectivity index (χ0v) is 15.1. The van der Waals surface area contributed by atoms with Crippen LogP contribution in [0, 0.1) is 0 Å². The van der Waals surface area contributed by atoms with Crippen LogP contribution in [0.25, 0.3) is 10.9 Å². The lowest BCUT2D eigenvalue weighted by Crippen LogP contribution is -2.23. The van der Waals surface area contributed by atoms with Crippen molar-refractivity contribution in [2.75, 3.05) is 26.1 Å². The number of hydrogen-bond donors (Lipinski definition) is 3. The molecule has 0 radical (unpaired) electrons. The highest BCUT2D eigenvalue weighted by Gasteiger charge is 2.08. The van der Waals surface area contributed by atoms with Gasteiger partial charge in [0, 0.05) is 42.0 Å². The van der Waals surface area contributed by atoms with Gasteiger partial charge in [-0.15, -0.1) is 0 Å². The molecule has 136 valence electrons. The Kier molecular flexibility index (Phi) is 5.76. The first-order chi connectivity index (χ1) is 12.7. The van der Waals surface area contributed by atoms with E-state index >= 15 is 0 Å². The zero-order valence-electron chi connectivity index (χ0n) is 15.1. The lowest BCUT2D eigenvalue weighted by atomic mass is 10.1. The second-order valence-corrected chi connectivity index (χ2v) is 5.93. The molecule has 0 aliphatic carbocycles. The number of hydrogen-bond acceptors (Lipinski definition) is 3. The topological polar surface area (TPSA) is 84.7 Å². The summed E-state index contributed by atoms with van der Waals surface area (Å²) in [5.74, 6) is 1.25. The lowest BCUT2D eigenvalue weighted by Gasteiger charge is -2.10. The number of guanidine groups is 1. The molecule has 26 heavy (non-hydrogen) atoms. The number of ether oxygens (including phenoxy) is 2. The van der Waals surface area contributed by atoms with Crippen LogP contribution < -0.4 is 15.8 Å². The molecule has 3 rings (SSSR count). The number of anilines is 1. The maximum Gasteiger partial charge on any atom is 0.193 e. The molecule has 0 aliphatic heterocycles. The monoisotopic (exact) mass is 352 g/mol. The van der Waals surface area contributed by atoms with Gasteiger partial charge in [0.15, 0.2) is 5.96 Å². The van der Waals surface area contributed by atoms with Crippen molar-refractivity contribution >= 4 is 22.5 Å². The number of H-pyrrole nitrogens is 1. The number of benzene rings is 2. The second kappa shape index (κ2) is 8.40. The number of para-hydroxylation sites is 1. The van der Waals surface area contributed by atoms with Crippen molar-refractivity contribution in [1.82, 2.24) is 4.98 Å². The number of nitrogens with two attached hydrogens (primary N) is 1. The van der Waals surface area contributed by atoms with Crippen LogP contribution in [-0.2, 0) is 17.8 Å². The maximum absolute atomic E-state index is 6.04. The first-order valence-electron chi connectivity index (χ1n) is 8.49. The average molecular weight is 352 g/mol. The predicted molar refractivity (Wildman–Crippen MR) is 106 cm³/mol. The summed E-state index contributed by atoms with van der Waals surface area (Å²) in [7, 11) is 3.35. The molecule has 1 heterocycles. The standard InChI is InChI=1S/C20H24N4O2/c1-25-13-15-6-3-4-7-16(15)24-20(21)22-11-10-14-12-23-17-8-5-9-18(26-2)19(14)17/h3-9,12,23H,10-11,13H2,1-2H3,(H3,21,22,24). The Morgan fingerprint density at radius 2 is 1.96 bits per heavy atom. The molecule has 4 N–H and O–H groups in total. The Morgan fingerprint density at radius 1 is 1.12 bits per heavy atom. The van der Waals surface area contributed by atoms with Crippen molar-refractivity contribution in [1.29, 1.82) is 0 Å². The van der Waals surface area contributed by atoms with Crippen LogP contribution in [0.5, 0.6) is 5.75 Å². The van der Waals surface area contributed by atoms with E-state index in [1.54, 1.807) is 14.2 Å². The number of nitrogens with one attached hydrogen (secondary N) is 2. The van der Waals surface area contributed by atoms with E-state index in [2.05, 4.69) is 15.3 Å². The van der Waals surface area contributed by atoms with E-state index in [-0.39, 0.29) is 0 Å². The van der Waals surface area contributed by atoms with Crippen molar-refractivity contribution < 1.29 is 9.47 Å². The van der Waals surface area contributed by atoms with E-state index in [0.29, 0.717) is 19.1 Å². The van der Waals surface area contributed by atoms with Crippen molar-refractivity contribution in [3.8, 4) is 5.75 Å². The lowest BCUT2D eigenvalue weighted by molar-refractivity contribution is 0.185. The van der Waals surface area contributed by atoms with Crippen molar-refractivity contribution in [3.05, 3.63) is 59.8 Å². The molecular weight excluding hydrogens is 328 g/mol.